The Bertz CT molecular complexity index is 176. The SMILES string of the molecule is CCCCCCNC(=O)C1CCNCC1. The maximum atomic E-state index is 11.7. The molecule has 0 radical (unpaired) electrons. The number of hydrogen-bond donors (Lipinski definition) is 2. The van der Waals surface area contributed by atoms with Crippen molar-refractivity contribution < 1.29 is 4.79 Å². The molecule has 1 aliphatic heterocycles. The van der Waals surface area contributed by atoms with E-state index in [0.717, 1.165) is 38.9 Å². The summed E-state index contributed by atoms with van der Waals surface area (Å²) in [5.41, 5.74) is 0. The molecule has 1 aliphatic rings. The van der Waals surface area contributed by atoms with Gasteiger partial charge in [0.25, 0.3) is 0 Å². The Kier molecular flexibility index (Phi) is 6.41. The van der Waals surface area contributed by atoms with Crippen molar-refractivity contribution in [1.82, 2.24) is 10.6 Å². The van der Waals surface area contributed by atoms with Crippen LogP contribution in [-0.2, 0) is 4.79 Å². The first-order valence-corrected chi connectivity index (χ1v) is 6.33. The molecule has 0 aromatic rings. The molecule has 0 bridgehead atoms. The van der Waals surface area contributed by atoms with E-state index >= 15 is 0 Å². The van der Waals surface area contributed by atoms with Crippen LogP contribution in [0.1, 0.15) is 45.4 Å². The molecule has 3 heteroatoms. The van der Waals surface area contributed by atoms with Crippen molar-refractivity contribution in [1.29, 1.82) is 0 Å². The van der Waals surface area contributed by atoms with E-state index < -0.39 is 0 Å². The summed E-state index contributed by atoms with van der Waals surface area (Å²) in [4.78, 5) is 11.7. The van der Waals surface area contributed by atoms with Gasteiger partial charge in [-0.15, -0.1) is 0 Å². The van der Waals surface area contributed by atoms with Crippen LogP contribution in [0.25, 0.3) is 0 Å². The van der Waals surface area contributed by atoms with Crippen molar-refractivity contribution in [2.75, 3.05) is 19.6 Å². The molecule has 0 spiro atoms. The standard InChI is InChI=1S/C12H24N2O/c1-2-3-4-5-8-14-12(15)11-6-9-13-10-7-11/h11,13H,2-10H2,1H3,(H,14,15). The molecule has 1 fully saturated rings. The van der Waals surface area contributed by atoms with Crippen LogP contribution < -0.4 is 10.6 Å². The van der Waals surface area contributed by atoms with Crippen LogP contribution in [0.15, 0.2) is 0 Å². The Morgan fingerprint density at radius 2 is 2.00 bits per heavy atom. The molecule has 1 amide bonds. The highest BCUT2D eigenvalue weighted by molar-refractivity contribution is 5.78. The van der Waals surface area contributed by atoms with Crippen molar-refractivity contribution >= 4 is 5.91 Å². The molecule has 1 rings (SSSR count). The maximum absolute atomic E-state index is 11.7. The first kappa shape index (κ1) is 12.5. The summed E-state index contributed by atoms with van der Waals surface area (Å²) in [6.07, 6.45) is 6.90. The lowest BCUT2D eigenvalue weighted by molar-refractivity contribution is -0.125. The van der Waals surface area contributed by atoms with E-state index in [1.807, 2.05) is 0 Å². The van der Waals surface area contributed by atoms with Crippen LogP contribution in [0.4, 0.5) is 0 Å². The predicted octanol–water partition coefficient (Wildman–Crippen LogP) is 1.68. The lowest BCUT2D eigenvalue weighted by atomic mass is 9.97. The zero-order valence-corrected chi connectivity index (χ0v) is 9.85. The fraction of sp³-hybridized carbons (Fsp3) is 0.917. The van der Waals surface area contributed by atoms with Gasteiger partial charge in [0, 0.05) is 12.5 Å². The second-order valence-electron chi connectivity index (χ2n) is 4.38. The Balaban J connectivity index is 2.02. The number of nitrogens with one attached hydrogen (secondary N) is 2. The molecule has 3 nitrogen and oxygen atoms in total. The number of carbonyl (C=O) groups is 1. The topological polar surface area (TPSA) is 41.1 Å². The van der Waals surface area contributed by atoms with Crippen LogP contribution in [0.5, 0.6) is 0 Å². The van der Waals surface area contributed by atoms with Crippen LogP contribution >= 0.6 is 0 Å². The summed E-state index contributed by atoms with van der Waals surface area (Å²) in [5, 5.41) is 6.32. The van der Waals surface area contributed by atoms with E-state index in [0.29, 0.717) is 0 Å². The molecule has 0 saturated carbocycles. The van der Waals surface area contributed by atoms with Gasteiger partial charge in [-0.2, -0.15) is 0 Å². The Morgan fingerprint density at radius 1 is 1.27 bits per heavy atom. The number of unbranched alkanes of at least 4 members (excludes halogenated alkanes) is 3. The fourth-order valence-electron chi connectivity index (χ4n) is 1.99. The maximum Gasteiger partial charge on any atom is 0.223 e. The molecule has 88 valence electrons. The van der Waals surface area contributed by atoms with Gasteiger partial charge < -0.3 is 10.6 Å². The second-order valence-corrected chi connectivity index (χ2v) is 4.38. The molecule has 2 N–H and O–H groups in total. The lowest BCUT2D eigenvalue weighted by Gasteiger charge is -2.21. The van der Waals surface area contributed by atoms with Gasteiger partial charge in [0.2, 0.25) is 5.91 Å². The van der Waals surface area contributed by atoms with E-state index in [4.69, 9.17) is 0 Å². The molecular formula is C12H24N2O. The van der Waals surface area contributed by atoms with Gasteiger partial charge in [-0.25, -0.2) is 0 Å². The Labute approximate surface area is 93.0 Å². The first-order chi connectivity index (χ1) is 7.34. The average Bonchev–Trinajstić information content (AvgIpc) is 2.30. The van der Waals surface area contributed by atoms with Gasteiger partial charge in [-0.1, -0.05) is 26.2 Å². The molecular weight excluding hydrogens is 188 g/mol. The van der Waals surface area contributed by atoms with Crippen molar-refractivity contribution in [3.05, 3.63) is 0 Å². The summed E-state index contributed by atoms with van der Waals surface area (Å²) in [7, 11) is 0. The summed E-state index contributed by atoms with van der Waals surface area (Å²) in [5.74, 6) is 0.533. The monoisotopic (exact) mass is 212 g/mol. The normalized spacial score (nSPS) is 17.7. The third kappa shape index (κ3) is 5.17. The van der Waals surface area contributed by atoms with Gasteiger partial charge in [0.1, 0.15) is 0 Å². The van der Waals surface area contributed by atoms with Gasteiger partial charge in [-0.05, 0) is 32.4 Å². The molecule has 0 atom stereocenters. The van der Waals surface area contributed by atoms with Crippen LogP contribution in [0.2, 0.25) is 0 Å². The third-order valence-electron chi connectivity index (χ3n) is 3.04. The summed E-state index contributed by atoms with van der Waals surface area (Å²) >= 11 is 0. The van der Waals surface area contributed by atoms with E-state index in [1.54, 1.807) is 0 Å². The molecule has 0 aromatic heterocycles. The van der Waals surface area contributed by atoms with Gasteiger partial charge in [0.15, 0.2) is 0 Å². The Hall–Kier alpha value is -0.570. The van der Waals surface area contributed by atoms with Crippen molar-refractivity contribution in [2.24, 2.45) is 5.92 Å². The quantitative estimate of drug-likeness (QED) is 0.658. The number of rotatable bonds is 6. The van der Waals surface area contributed by atoms with Crippen LogP contribution in [0, 0.1) is 5.92 Å². The molecule has 0 aromatic carbocycles. The molecule has 15 heavy (non-hydrogen) atoms. The number of hydrogen-bond acceptors (Lipinski definition) is 2. The average molecular weight is 212 g/mol. The largest absolute Gasteiger partial charge is 0.356 e. The zero-order chi connectivity index (χ0) is 10.9. The fourth-order valence-corrected chi connectivity index (χ4v) is 1.99. The molecule has 0 unspecified atom stereocenters. The van der Waals surface area contributed by atoms with E-state index in [-0.39, 0.29) is 11.8 Å². The first-order valence-electron chi connectivity index (χ1n) is 6.33. The van der Waals surface area contributed by atoms with Gasteiger partial charge >= 0.3 is 0 Å². The van der Waals surface area contributed by atoms with Crippen molar-refractivity contribution in [3.8, 4) is 0 Å². The van der Waals surface area contributed by atoms with Crippen LogP contribution in [-0.4, -0.2) is 25.5 Å². The Morgan fingerprint density at radius 3 is 2.67 bits per heavy atom. The van der Waals surface area contributed by atoms with Crippen LogP contribution in [0.3, 0.4) is 0 Å². The summed E-state index contributed by atoms with van der Waals surface area (Å²) in [6, 6.07) is 0. The van der Waals surface area contributed by atoms with E-state index in [1.165, 1.54) is 19.3 Å². The third-order valence-corrected chi connectivity index (χ3v) is 3.04. The summed E-state index contributed by atoms with van der Waals surface area (Å²) in [6.45, 7) is 5.05. The molecule has 1 saturated heterocycles. The number of carbonyl (C=O) groups excluding carboxylic acids is 1. The number of piperidine rings is 1. The van der Waals surface area contributed by atoms with Crippen molar-refractivity contribution in [2.45, 2.75) is 45.4 Å². The predicted molar refractivity (Wildman–Crippen MR) is 62.7 cm³/mol. The van der Waals surface area contributed by atoms with Gasteiger partial charge in [0.05, 0.1) is 0 Å². The van der Waals surface area contributed by atoms with Crippen molar-refractivity contribution in [3.63, 3.8) is 0 Å². The lowest BCUT2D eigenvalue weighted by Crippen LogP contribution is -2.38. The highest BCUT2D eigenvalue weighted by atomic mass is 16.1. The molecule has 0 aliphatic carbocycles. The van der Waals surface area contributed by atoms with E-state index in [2.05, 4.69) is 17.6 Å². The smallest absolute Gasteiger partial charge is 0.223 e. The van der Waals surface area contributed by atoms with Gasteiger partial charge in [-0.3, -0.25) is 4.79 Å². The molecule has 1 heterocycles. The minimum absolute atomic E-state index is 0.262. The summed E-state index contributed by atoms with van der Waals surface area (Å²) < 4.78 is 0. The highest BCUT2D eigenvalue weighted by Crippen LogP contribution is 2.11. The second kappa shape index (κ2) is 7.69. The highest BCUT2D eigenvalue weighted by Gasteiger charge is 2.19. The van der Waals surface area contributed by atoms with E-state index in [9.17, 15) is 4.79 Å². The number of amides is 1. The minimum Gasteiger partial charge on any atom is -0.356 e. The zero-order valence-electron chi connectivity index (χ0n) is 9.85. The minimum atomic E-state index is 0.262.